The van der Waals surface area contributed by atoms with E-state index in [9.17, 15) is 0 Å². The summed E-state index contributed by atoms with van der Waals surface area (Å²) in [6.07, 6.45) is 4.06. The molecule has 0 unspecified atom stereocenters. The fourth-order valence-electron chi connectivity index (χ4n) is 1.24. The molecule has 76 valence electrons. The van der Waals surface area contributed by atoms with Crippen molar-refractivity contribution in [1.29, 1.82) is 0 Å². The normalized spacial score (nSPS) is 9.86. The third kappa shape index (κ3) is 3.43. The van der Waals surface area contributed by atoms with Crippen molar-refractivity contribution in [3.05, 3.63) is 41.4 Å². The minimum Gasteiger partial charge on any atom is -0.384 e. The molecule has 0 saturated carbocycles. The molecule has 2 heteroatoms. The van der Waals surface area contributed by atoms with E-state index >= 15 is 0 Å². The van der Waals surface area contributed by atoms with E-state index in [-0.39, 0.29) is 0 Å². The Bertz CT molecular complexity index is 307. The number of rotatable bonds is 5. The predicted molar refractivity (Wildman–Crippen MR) is 64.1 cm³/mol. The standard InChI is InChI=1S/C12H16ClN/c1-3-4-5-8-14-12-9-10(2)6-7-11(12)13/h3,6-7,9,14H,1,4-5,8H2,2H3. The number of allylic oxidation sites excluding steroid dienone is 1. The summed E-state index contributed by atoms with van der Waals surface area (Å²) in [6.45, 7) is 6.68. The molecule has 0 bridgehead atoms. The molecule has 0 aliphatic rings. The van der Waals surface area contributed by atoms with E-state index < -0.39 is 0 Å². The zero-order valence-electron chi connectivity index (χ0n) is 8.52. The van der Waals surface area contributed by atoms with Crippen molar-refractivity contribution >= 4 is 17.3 Å². The van der Waals surface area contributed by atoms with Crippen LogP contribution in [0.2, 0.25) is 5.02 Å². The lowest BCUT2D eigenvalue weighted by Crippen LogP contribution is -2.01. The van der Waals surface area contributed by atoms with E-state index in [0.717, 1.165) is 30.1 Å². The molecular formula is C12H16ClN. The quantitative estimate of drug-likeness (QED) is 0.571. The largest absolute Gasteiger partial charge is 0.384 e. The Labute approximate surface area is 90.8 Å². The third-order valence-corrected chi connectivity index (χ3v) is 2.35. The van der Waals surface area contributed by atoms with Gasteiger partial charge in [-0.25, -0.2) is 0 Å². The van der Waals surface area contributed by atoms with Crippen molar-refractivity contribution in [2.75, 3.05) is 11.9 Å². The van der Waals surface area contributed by atoms with Crippen LogP contribution in [0.4, 0.5) is 5.69 Å². The Kier molecular flexibility index (Phi) is 4.54. The van der Waals surface area contributed by atoms with Gasteiger partial charge in [0.15, 0.2) is 0 Å². The van der Waals surface area contributed by atoms with Gasteiger partial charge in [0.1, 0.15) is 0 Å². The van der Waals surface area contributed by atoms with Crippen LogP contribution in [0.3, 0.4) is 0 Å². The van der Waals surface area contributed by atoms with Gasteiger partial charge in [0, 0.05) is 6.54 Å². The van der Waals surface area contributed by atoms with E-state index in [1.165, 1.54) is 5.56 Å². The van der Waals surface area contributed by atoms with Crippen LogP contribution in [-0.4, -0.2) is 6.54 Å². The summed E-state index contributed by atoms with van der Waals surface area (Å²) in [6, 6.07) is 6.00. The molecule has 0 saturated heterocycles. The molecule has 0 heterocycles. The van der Waals surface area contributed by atoms with Crippen LogP contribution in [0.5, 0.6) is 0 Å². The summed E-state index contributed by atoms with van der Waals surface area (Å²) >= 11 is 6.03. The number of nitrogens with one attached hydrogen (secondary N) is 1. The van der Waals surface area contributed by atoms with Crippen LogP contribution >= 0.6 is 11.6 Å². The van der Waals surface area contributed by atoms with Crippen LogP contribution in [0, 0.1) is 6.92 Å². The number of hydrogen-bond acceptors (Lipinski definition) is 1. The van der Waals surface area contributed by atoms with Gasteiger partial charge in [-0.1, -0.05) is 23.7 Å². The first kappa shape index (κ1) is 11.1. The molecule has 0 fully saturated rings. The summed E-state index contributed by atoms with van der Waals surface area (Å²) in [5.74, 6) is 0. The van der Waals surface area contributed by atoms with E-state index in [1.807, 2.05) is 18.2 Å². The second-order valence-corrected chi connectivity index (χ2v) is 3.75. The Morgan fingerprint density at radius 3 is 3.00 bits per heavy atom. The fraction of sp³-hybridized carbons (Fsp3) is 0.333. The average molecular weight is 210 g/mol. The van der Waals surface area contributed by atoms with Crippen LogP contribution in [0.15, 0.2) is 30.9 Å². The van der Waals surface area contributed by atoms with Gasteiger partial charge in [0.05, 0.1) is 10.7 Å². The maximum Gasteiger partial charge on any atom is 0.0637 e. The molecule has 0 aliphatic heterocycles. The van der Waals surface area contributed by atoms with Gasteiger partial charge >= 0.3 is 0 Å². The van der Waals surface area contributed by atoms with Crippen LogP contribution in [0.25, 0.3) is 0 Å². The molecule has 0 aliphatic carbocycles. The van der Waals surface area contributed by atoms with Gasteiger partial charge in [-0.2, -0.15) is 0 Å². The van der Waals surface area contributed by atoms with Gasteiger partial charge in [-0.05, 0) is 37.5 Å². The SMILES string of the molecule is C=CCCCNc1cc(C)ccc1Cl. The first-order valence-electron chi connectivity index (χ1n) is 4.85. The smallest absolute Gasteiger partial charge is 0.0637 e. The summed E-state index contributed by atoms with van der Waals surface area (Å²) < 4.78 is 0. The number of unbranched alkanes of at least 4 members (excludes halogenated alkanes) is 1. The summed E-state index contributed by atoms with van der Waals surface area (Å²) in [5, 5.41) is 4.10. The summed E-state index contributed by atoms with van der Waals surface area (Å²) in [5.41, 5.74) is 2.25. The highest BCUT2D eigenvalue weighted by Crippen LogP contribution is 2.22. The number of benzene rings is 1. The molecule has 0 amide bonds. The number of aryl methyl sites for hydroxylation is 1. The molecule has 0 atom stereocenters. The van der Waals surface area contributed by atoms with Crippen molar-refractivity contribution in [2.45, 2.75) is 19.8 Å². The predicted octanol–water partition coefficient (Wildman–Crippen LogP) is 4.03. The maximum absolute atomic E-state index is 6.03. The third-order valence-electron chi connectivity index (χ3n) is 2.02. The van der Waals surface area contributed by atoms with E-state index in [2.05, 4.69) is 24.9 Å². The zero-order valence-corrected chi connectivity index (χ0v) is 9.27. The summed E-state index contributed by atoms with van der Waals surface area (Å²) in [7, 11) is 0. The minimum absolute atomic E-state index is 0.786. The van der Waals surface area contributed by atoms with Gasteiger partial charge in [-0.15, -0.1) is 6.58 Å². The first-order valence-corrected chi connectivity index (χ1v) is 5.23. The second-order valence-electron chi connectivity index (χ2n) is 3.34. The molecule has 0 spiro atoms. The van der Waals surface area contributed by atoms with Gasteiger partial charge in [-0.3, -0.25) is 0 Å². The first-order chi connectivity index (χ1) is 6.74. The Morgan fingerprint density at radius 1 is 1.50 bits per heavy atom. The lowest BCUT2D eigenvalue weighted by molar-refractivity contribution is 0.891. The average Bonchev–Trinajstić information content (AvgIpc) is 2.18. The van der Waals surface area contributed by atoms with Crippen molar-refractivity contribution in [1.82, 2.24) is 0 Å². The van der Waals surface area contributed by atoms with E-state index in [0.29, 0.717) is 0 Å². The van der Waals surface area contributed by atoms with E-state index in [4.69, 9.17) is 11.6 Å². The Morgan fingerprint density at radius 2 is 2.29 bits per heavy atom. The molecule has 0 aromatic heterocycles. The monoisotopic (exact) mass is 209 g/mol. The summed E-state index contributed by atoms with van der Waals surface area (Å²) in [4.78, 5) is 0. The number of halogens is 1. The van der Waals surface area contributed by atoms with Crippen LogP contribution < -0.4 is 5.32 Å². The van der Waals surface area contributed by atoms with Crippen molar-refractivity contribution in [2.24, 2.45) is 0 Å². The number of anilines is 1. The highest BCUT2D eigenvalue weighted by molar-refractivity contribution is 6.33. The lowest BCUT2D eigenvalue weighted by Gasteiger charge is -2.08. The highest BCUT2D eigenvalue weighted by Gasteiger charge is 1.98. The van der Waals surface area contributed by atoms with Crippen molar-refractivity contribution in [3.63, 3.8) is 0 Å². The molecule has 1 aromatic rings. The van der Waals surface area contributed by atoms with Crippen LogP contribution in [0.1, 0.15) is 18.4 Å². The molecule has 1 N–H and O–H groups in total. The van der Waals surface area contributed by atoms with Gasteiger partial charge in [0.25, 0.3) is 0 Å². The minimum atomic E-state index is 0.786. The molecule has 1 nitrogen and oxygen atoms in total. The highest BCUT2D eigenvalue weighted by atomic mass is 35.5. The maximum atomic E-state index is 6.03. The van der Waals surface area contributed by atoms with Crippen LogP contribution in [-0.2, 0) is 0 Å². The van der Waals surface area contributed by atoms with Crippen molar-refractivity contribution in [3.8, 4) is 0 Å². The van der Waals surface area contributed by atoms with Gasteiger partial charge < -0.3 is 5.32 Å². The van der Waals surface area contributed by atoms with Crippen molar-refractivity contribution < 1.29 is 0 Å². The molecule has 0 radical (unpaired) electrons. The number of hydrogen-bond donors (Lipinski definition) is 1. The lowest BCUT2D eigenvalue weighted by atomic mass is 10.2. The van der Waals surface area contributed by atoms with Gasteiger partial charge in [0.2, 0.25) is 0 Å². The molecular weight excluding hydrogens is 194 g/mol. The molecule has 14 heavy (non-hydrogen) atoms. The molecule has 1 aromatic carbocycles. The Balaban J connectivity index is 2.49. The molecule has 1 rings (SSSR count). The van der Waals surface area contributed by atoms with E-state index in [1.54, 1.807) is 0 Å². The second kappa shape index (κ2) is 5.71. The topological polar surface area (TPSA) is 12.0 Å². The fourth-order valence-corrected chi connectivity index (χ4v) is 1.43. The zero-order chi connectivity index (χ0) is 10.4. The Hall–Kier alpha value is -0.950.